The number of nitrogens with one attached hydrogen (secondary N) is 2. The molecule has 0 spiro atoms. The zero-order valence-corrected chi connectivity index (χ0v) is 17.7. The van der Waals surface area contributed by atoms with Crippen molar-refractivity contribution in [2.24, 2.45) is 0 Å². The molecule has 7 heteroatoms. The highest BCUT2D eigenvalue weighted by Gasteiger charge is 2.19. The van der Waals surface area contributed by atoms with E-state index in [1.165, 1.54) is 0 Å². The van der Waals surface area contributed by atoms with Gasteiger partial charge in [0.25, 0.3) is 0 Å². The summed E-state index contributed by atoms with van der Waals surface area (Å²) in [7, 11) is 0. The molecule has 1 aromatic heterocycles. The number of carbonyl (C=O) groups is 2. The Morgan fingerprint density at radius 2 is 1.87 bits per heavy atom. The van der Waals surface area contributed by atoms with Crippen LogP contribution >= 0.6 is 0 Å². The largest absolute Gasteiger partial charge is 0.338 e. The number of imidazole rings is 1. The van der Waals surface area contributed by atoms with Gasteiger partial charge >= 0.3 is 6.03 Å². The van der Waals surface area contributed by atoms with Crippen LogP contribution in [0.1, 0.15) is 35.4 Å². The number of nitrogens with zero attached hydrogens (tertiary/aromatic N) is 3. The molecule has 31 heavy (non-hydrogen) atoms. The van der Waals surface area contributed by atoms with Gasteiger partial charge in [0.15, 0.2) is 0 Å². The summed E-state index contributed by atoms with van der Waals surface area (Å²) in [5.74, 6) is 1.19. The lowest BCUT2D eigenvalue weighted by Gasteiger charge is -2.15. The number of carbonyl (C=O) groups excluding carboxylic acids is 2. The van der Waals surface area contributed by atoms with Gasteiger partial charge in [0.05, 0.1) is 0 Å². The molecule has 3 amide bonds. The molecule has 2 N–H and O–H groups in total. The normalized spacial score (nSPS) is 13.5. The Balaban J connectivity index is 1.27. The summed E-state index contributed by atoms with van der Waals surface area (Å²) in [5, 5.41) is 5.76. The van der Waals surface area contributed by atoms with Crippen LogP contribution in [-0.2, 0) is 24.4 Å². The average Bonchev–Trinajstić information content (AvgIpc) is 3.36. The smallest absolute Gasteiger partial charge is 0.319 e. The van der Waals surface area contributed by atoms with E-state index in [1.807, 2.05) is 54.4 Å². The first-order chi connectivity index (χ1) is 15.1. The number of amides is 3. The summed E-state index contributed by atoms with van der Waals surface area (Å²) in [6, 6.07) is 15.5. The van der Waals surface area contributed by atoms with Crippen LogP contribution in [0.4, 0.5) is 10.5 Å². The first-order valence-electron chi connectivity index (χ1n) is 10.5. The van der Waals surface area contributed by atoms with Gasteiger partial charge in [0.2, 0.25) is 5.91 Å². The van der Waals surface area contributed by atoms with Crippen molar-refractivity contribution in [1.29, 1.82) is 0 Å². The second-order valence-corrected chi connectivity index (χ2v) is 7.85. The summed E-state index contributed by atoms with van der Waals surface area (Å²) in [6.07, 6.45) is 5.34. The standard InChI is InChI=1S/C24H27N5O2/c1-18-25-11-13-28(18)17-21-5-2-4-20(14-21)15-26-24(31)27-22-9-7-19(8-10-22)16-29-12-3-6-23(29)30/h2,4-5,7-11,13-14H,3,6,12,15-17H2,1H3,(H2,26,27,31). The van der Waals surface area contributed by atoms with Gasteiger partial charge in [-0.15, -0.1) is 0 Å². The molecule has 0 unspecified atom stereocenters. The van der Waals surface area contributed by atoms with Gasteiger partial charge in [0.1, 0.15) is 5.82 Å². The summed E-state index contributed by atoms with van der Waals surface area (Å²) in [6.45, 7) is 4.62. The molecule has 0 bridgehead atoms. The minimum Gasteiger partial charge on any atom is -0.338 e. The summed E-state index contributed by atoms with van der Waals surface area (Å²) in [5.41, 5.74) is 3.98. The molecule has 7 nitrogen and oxygen atoms in total. The highest BCUT2D eigenvalue weighted by Crippen LogP contribution is 2.16. The molecule has 0 saturated carbocycles. The van der Waals surface area contributed by atoms with Gasteiger partial charge in [0, 0.05) is 50.7 Å². The first kappa shape index (κ1) is 20.7. The number of anilines is 1. The van der Waals surface area contributed by atoms with Crippen LogP contribution in [0.2, 0.25) is 0 Å². The number of urea groups is 1. The van der Waals surface area contributed by atoms with Crippen LogP contribution in [-0.4, -0.2) is 32.9 Å². The van der Waals surface area contributed by atoms with E-state index in [-0.39, 0.29) is 11.9 Å². The SMILES string of the molecule is Cc1nccn1Cc1cccc(CNC(=O)Nc2ccc(CN3CCCC3=O)cc2)c1. The fourth-order valence-corrected chi connectivity index (χ4v) is 3.75. The average molecular weight is 418 g/mol. The third-order valence-corrected chi connectivity index (χ3v) is 5.48. The summed E-state index contributed by atoms with van der Waals surface area (Å²) in [4.78, 5) is 30.2. The number of hydrogen-bond acceptors (Lipinski definition) is 3. The highest BCUT2D eigenvalue weighted by molar-refractivity contribution is 5.89. The van der Waals surface area contributed by atoms with E-state index in [2.05, 4.69) is 32.3 Å². The Labute approximate surface area is 182 Å². The van der Waals surface area contributed by atoms with E-state index in [0.29, 0.717) is 19.5 Å². The molecule has 4 rings (SSSR count). The molecule has 160 valence electrons. The maximum absolute atomic E-state index is 12.3. The number of hydrogen-bond donors (Lipinski definition) is 2. The lowest BCUT2D eigenvalue weighted by atomic mass is 10.1. The summed E-state index contributed by atoms with van der Waals surface area (Å²) >= 11 is 0. The molecular weight excluding hydrogens is 390 g/mol. The highest BCUT2D eigenvalue weighted by atomic mass is 16.2. The molecule has 1 aliphatic rings. The summed E-state index contributed by atoms with van der Waals surface area (Å²) < 4.78 is 2.09. The molecule has 1 aliphatic heterocycles. The number of benzene rings is 2. The van der Waals surface area contributed by atoms with Crippen molar-refractivity contribution < 1.29 is 9.59 Å². The maximum Gasteiger partial charge on any atom is 0.319 e. The second-order valence-electron chi connectivity index (χ2n) is 7.85. The monoisotopic (exact) mass is 417 g/mol. The molecule has 0 atom stereocenters. The van der Waals surface area contributed by atoms with Crippen LogP contribution in [0.3, 0.4) is 0 Å². The number of aromatic nitrogens is 2. The predicted octanol–water partition coefficient (Wildman–Crippen LogP) is 3.68. The molecule has 0 aliphatic carbocycles. The fourth-order valence-electron chi connectivity index (χ4n) is 3.75. The van der Waals surface area contributed by atoms with Crippen LogP contribution in [0, 0.1) is 6.92 Å². The molecule has 3 aromatic rings. The minimum absolute atomic E-state index is 0.214. The van der Waals surface area contributed by atoms with E-state index in [9.17, 15) is 9.59 Å². The third kappa shape index (κ3) is 5.51. The Hall–Kier alpha value is -3.61. The van der Waals surface area contributed by atoms with Crippen molar-refractivity contribution in [1.82, 2.24) is 19.8 Å². The van der Waals surface area contributed by atoms with E-state index in [0.717, 1.165) is 47.7 Å². The second kappa shape index (κ2) is 9.47. The van der Waals surface area contributed by atoms with E-state index in [1.54, 1.807) is 6.20 Å². The zero-order chi connectivity index (χ0) is 21.6. The third-order valence-electron chi connectivity index (χ3n) is 5.48. The molecular formula is C24H27N5O2. The fraction of sp³-hybridized carbons (Fsp3) is 0.292. The number of aryl methyl sites for hydroxylation is 1. The van der Waals surface area contributed by atoms with Crippen molar-refractivity contribution in [3.63, 3.8) is 0 Å². The number of rotatable bonds is 7. The first-order valence-corrected chi connectivity index (χ1v) is 10.5. The van der Waals surface area contributed by atoms with Crippen LogP contribution in [0.25, 0.3) is 0 Å². The Bertz CT molecular complexity index is 1060. The van der Waals surface area contributed by atoms with Crippen LogP contribution in [0.15, 0.2) is 60.9 Å². The van der Waals surface area contributed by atoms with E-state index < -0.39 is 0 Å². The van der Waals surface area contributed by atoms with Crippen molar-refractivity contribution in [2.75, 3.05) is 11.9 Å². The van der Waals surface area contributed by atoms with Crippen LogP contribution in [0.5, 0.6) is 0 Å². The van der Waals surface area contributed by atoms with Crippen molar-refractivity contribution in [3.8, 4) is 0 Å². The predicted molar refractivity (Wildman–Crippen MR) is 119 cm³/mol. The van der Waals surface area contributed by atoms with Gasteiger partial charge in [-0.3, -0.25) is 4.79 Å². The zero-order valence-electron chi connectivity index (χ0n) is 17.7. The van der Waals surface area contributed by atoms with Crippen molar-refractivity contribution in [2.45, 2.75) is 39.4 Å². The number of likely N-dealkylation sites (tertiary alicyclic amines) is 1. The van der Waals surface area contributed by atoms with Crippen LogP contribution < -0.4 is 10.6 Å². The molecule has 1 saturated heterocycles. The topological polar surface area (TPSA) is 79.3 Å². The molecule has 2 aromatic carbocycles. The van der Waals surface area contributed by atoms with E-state index >= 15 is 0 Å². The quantitative estimate of drug-likeness (QED) is 0.615. The van der Waals surface area contributed by atoms with Crippen molar-refractivity contribution >= 4 is 17.6 Å². The Kier molecular flexibility index (Phi) is 6.31. The van der Waals surface area contributed by atoms with E-state index in [4.69, 9.17) is 0 Å². The molecule has 1 fully saturated rings. The van der Waals surface area contributed by atoms with Gasteiger partial charge in [-0.2, -0.15) is 0 Å². The van der Waals surface area contributed by atoms with Gasteiger partial charge < -0.3 is 20.1 Å². The lowest BCUT2D eigenvalue weighted by Crippen LogP contribution is -2.28. The molecule has 0 radical (unpaired) electrons. The van der Waals surface area contributed by atoms with Gasteiger partial charge in [-0.25, -0.2) is 9.78 Å². The maximum atomic E-state index is 12.3. The van der Waals surface area contributed by atoms with Crippen molar-refractivity contribution in [3.05, 3.63) is 83.4 Å². The van der Waals surface area contributed by atoms with Gasteiger partial charge in [-0.05, 0) is 42.2 Å². The Morgan fingerprint density at radius 3 is 2.58 bits per heavy atom. The minimum atomic E-state index is -0.252. The Morgan fingerprint density at radius 1 is 1.06 bits per heavy atom. The lowest BCUT2D eigenvalue weighted by molar-refractivity contribution is -0.128. The molecule has 2 heterocycles. The van der Waals surface area contributed by atoms with Gasteiger partial charge in [-0.1, -0.05) is 36.4 Å².